The Balaban J connectivity index is 3.97. The van der Waals surface area contributed by atoms with Crippen molar-refractivity contribution < 1.29 is 22.0 Å². The molecule has 0 nitrogen and oxygen atoms in total. The lowest BCUT2D eigenvalue weighted by atomic mass is 10.1. The molecular formula is C6H6F5. The second kappa shape index (κ2) is 3.69. The van der Waals surface area contributed by atoms with Gasteiger partial charge in [-0.05, 0) is 6.08 Å². The van der Waals surface area contributed by atoms with Crippen LogP contribution in [-0.4, -0.2) is 6.18 Å². The van der Waals surface area contributed by atoms with E-state index in [-0.39, 0.29) is 6.08 Å². The lowest BCUT2D eigenvalue weighted by Gasteiger charge is -2.09. The van der Waals surface area contributed by atoms with E-state index < -0.39 is 18.5 Å². The van der Waals surface area contributed by atoms with Crippen LogP contribution >= 0.6 is 0 Å². The highest BCUT2D eigenvalue weighted by Crippen LogP contribution is 2.27. The van der Waals surface area contributed by atoms with Gasteiger partial charge in [0.1, 0.15) is 0 Å². The molecule has 5 heteroatoms. The van der Waals surface area contributed by atoms with Gasteiger partial charge in [-0.1, -0.05) is 13.0 Å². The van der Waals surface area contributed by atoms with Crippen LogP contribution < -0.4 is 0 Å². The molecule has 0 aliphatic heterocycles. The van der Waals surface area contributed by atoms with Crippen LogP contribution in [0.4, 0.5) is 22.0 Å². The molecule has 0 aromatic carbocycles. The molecule has 1 radical (unpaired) electrons. The van der Waals surface area contributed by atoms with Gasteiger partial charge < -0.3 is 0 Å². The molecule has 0 aliphatic carbocycles. The van der Waals surface area contributed by atoms with Crippen molar-refractivity contribution in [1.29, 1.82) is 0 Å². The molecule has 0 N–H and O–H groups in total. The Hall–Kier alpha value is -0.610. The zero-order valence-corrected chi connectivity index (χ0v) is 5.62. The third-order valence-electron chi connectivity index (χ3n) is 1.03. The molecule has 0 aromatic rings. The standard InChI is InChI=1S/C6H6F5/c1-4(6(9,10)11)2-3-5(7)8/h2-4H,1H3/b3-2+. The van der Waals surface area contributed by atoms with Gasteiger partial charge in [0.15, 0.2) is 0 Å². The Morgan fingerprint density at radius 2 is 1.73 bits per heavy atom. The van der Waals surface area contributed by atoms with Gasteiger partial charge in [0.25, 0.3) is 0 Å². The van der Waals surface area contributed by atoms with Crippen molar-refractivity contribution in [3.8, 4) is 0 Å². The molecule has 0 saturated carbocycles. The summed E-state index contributed by atoms with van der Waals surface area (Å²) < 4.78 is 57.3. The minimum atomic E-state index is -4.44. The molecule has 0 aromatic heterocycles. The van der Waals surface area contributed by atoms with E-state index in [9.17, 15) is 22.0 Å². The Morgan fingerprint density at radius 3 is 2.00 bits per heavy atom. The van der Waals surface area contributed by atoms with Gasteiger partial charge in [-0.15, -0.1) is 0 Å². The molecule has 65 valence electrons. The molecule has 0 rings (SSSR count). The third kappa shape index (κ3) is 4.75. The van der Waals surface area contributed by atoms with Crippen molar-refractivity contribution in [3.63, 3.8) is 0 Å². The van der Waals surface area contributed by atoms with E-state index >= 15 is 0 Å². The number of halogens is 5. The first-order chi connectivity index (χ1) is 4.84. The summed E-state index contributed by atoms with van der Waals surface area (Å²) in [7, 11) is 0. The average molecular weight is 173 g/mol. The third-order valence-corrected chi connectivity index (χ3v) is 1.03. The summed E-state index contributed by atoms with van der Waals surface area (Å²) >= 11 is 0. The number of hydrogen-bond donors (Lipinski definition) is 0. The van der Waals surface area contributed by atoms with Gasteiger partial charge in [0.2, 0.25) is 0 Å². The first-order valence-corrected chi connectivity index (χ1v) is 2.77. The van der Waals surface area contributed by atoms with Crippen molar-refractivity contribution in [2.24, 2.45) is 5.92 Å². The number of hydrogen-bond acceptors (Lipinski definition) is 0. The second-order valence-electron chi connectivity index (χ2n) is 1.98. The summed E-state index contributed by atoms with van der Waals surface area (Å²) in [5.41, 5.74) is 0. The van der Waals surface area contributed by atoms with E-state index in [2.05, 4.69) is 0 Å². The molecular weight excluding hydrogens is 167 g/mol. The molecule has 0 amide bonds. The molecule has 11 heavy (non-hydrogen) atoms. The summed E-state index contributed by atoms with van der Waals surface area (Å²) in [5.74, 6) is -1.83. The normalized spacial score (nSPS) is 16.3. The number of allylic oxidation sites excluding steroid dienone is 2. The van der Waals surface area contributed by atoms with Gasteiger partial charge in [-0.2, -0.15) is 22.0 Å². The predicted molar refractivity (Wildman–Crippen MR) is 29.8 cm³/mol. The van der Waals surface area contributed by atoms with Crippen molar-refractivity contribution in [2.45, 2.75) is 13.1 Å². The average Bonchev–Trinajstić information content (AvgIpc) is 1.80. The minimum Gasteiger partial charge on any atom is -0.195 e. The van der Waals surface area contributed by atoms with Crippen LogP contribution in [0.5, 0.6) is 0 Å². The topological polar surface area (TPSA) is 0 Å². The Morgan fingerprint density at radius 1 is 1.27 bits per heavy atom. The Labute approximate surface area is 60.7 Å². The number of rotatable bonds is 2. The molecule has 1 unspecified atom stereocenters. The van der Waals surface area contributed by atoms with Crippen LogP contribution in [0.2, 0.25) is 0 Å². The summed E-state index contributed by atoms with van der Waals surface area (Å²) in [6.45, 7) is 0.805. The van der Waals surface area contributed by atoms with Crippen LogP contribution in [0.3, 0.4) is 0 Å². The molecule has 0 bridgehead atoms. The van der Waals surface area contributed by atoms with Crippen LogP contribution in [0.25, 0.3) is 0 Å². The quantitative estimate of drug-likeness (QED) is 0.562. The summed E-state index contributed by atoms with van der Waals surface area (Å²) in [6, 6.07) is 0. The van der Waals surface area contributed by atoms with Crippen molar-refractivity contribution >= 4 is 0 Å². The maximum Gasteiger partial charge on any atom is 0.394 e. The van der Waals surface area contributed by atoms with Gasteiger partial charge in [-0.25, -0.2) is 0 Å². The Kier molecular flexibility index (Phi) is 3.48. The maximum atomic E-state index is 11.6. The first kappa shape index (κ1) is 10.4. The minimum absolute atomic E-state index is 0.151. The molecule has 1 atom stereocenters. The second-order valence-corrected chi connectivity index (χ2v) is 1.98. The van der Waals surface area contributed by atoms with Gasteiger partial charge in [0, 0.05) is 0 Å². The highest BCUT2D eigenvalue weighted by Gasteiger charge is 2.33. The van der Waals surface area contributed by atoms with E-state index in [0.29, 0.717) is 6.08 Å². The van der Waals surface area contributed by atoms with E-state index in [1.807, 2.05) is 0 Å². The lowest BCUT2D eigenvalue weighted by Crippen LogP contribution is -2.17. The molecule has 0 heterocycles. The molecule has 0 fully saturated rings. The molecule has 0 spiro atoms. The van der Waals surface area contributed by atoms with E-state index in [4.69, 9.17) is 0 Å². The number of alkyl halides is 3. The summed E-state index contributed by atoms with van der Waals surface area (Å²) in [4.78, 5) is 0. The lowest BCUT2D eigenvalue weighted by molar-refractivity contribution is -0.156. The zero-order chi connectivity index (χ0) is 9.07. The monoisotopic (exact) mass is 173 g/mol. The fourth-order valence-electron chi connectivity index (χ4n) is 0.326. The summed E-state index contributed by atoms with van der Waals surface area (Å²) in [5, 5.41) is 0. The largest absolute Gasteiger partial charge is 0.394 e. The van der Waals surface area contributed by atoms with Gasteiger partial charge >= 0.3 is 12.6 Å². The van der Waals surface area contributed by atoms with Gasteiger partial charge in [-0.3, -0.25) is 0 Å². The fraction of sp³-hybridized carbons (Fsp3) is 0.500. The zero-order valence-electron chi connectivity index (χ0n) is 5.62. The van der Waals surface area contributed by atoms with Crippen molar-refractivity contribution in [2.75, 3.05) is 0 Å². The van der Waals surface area contributed by atoms with Crippen LogP contribution in [-0.2, 0) is 0 Å². The van der Waals surface area contributed by atoms with E-state index in [1.165, 1.54) is 0 Å². The smallest absolute Gasteiger partial charge is 0.195 e. The SMILES string of the molecule is CC(/C=C/[C](F)F)C(F)(F)F. The van der Waals surface area contributed by atoms with E-state index in [0.717, 1.165) is 6.92 Å². The Bertz CT molecular complexity index is 134. The van der Waals surface area contributed by atoms with Gasteiger partial charge in [0.05, 0.1) is 5.92 Å². The molecule has 0 aliphatic rings. The van der Waals surface area contributed by atoms with Crippen LogP contribution in [0, 0.1) is 12.3 Å². The first-order valence-electron chi connectivity index (χ1n) is 2.77. The van der Waals surface area contributed by atoms with E-state index in [1.54, 1.807) is 0 Å². The summed E-state index contributed by atoms with van der Waals surface area (Å²) in [6.07, 6.45) is -6.00. The van der Waals surface area contributed by atoms with Crippen molar-refractivity contribution in [1.82, 2.24) is 0 Å². The highest BCUT2D eigenvalue weighted by molar-refractivity contribution is 4.98. The van der Waals surface area contributed by atoms with Crippen molar-refractivity contribution in [3.05, 3.63) is 18.6 Å². The van der Waals surface area contributed by atoms with Crippen LogP contribution in [0.15, 0.2) is 12.2 Å². The van der Waals surface area contributed by atoms with Crippen LogP contribution in [0.1, 0.15) is 6.92 Å². The molecule has 0 saturated heterocycles. The highest BCUT2D eigenvalue weighted by atomic mass is 19.4. The predicted octanol–water partition coefficient (Wildman–Crippen LogP) is 3.17. The fourth-order valence-corrected chi connectivity index (χ4v) is 0.326. The maximum absolute atomic E-state index is 11.6.